The smallest absolute Gasteiger partial charge is 0.145 e. The van der Waals surface area contributed by atoms with Gasteiger partial charge in [-0.1, -0.05) is 0 Å². The Kier molecular flexibility index (Phi) is 4.63. The maximum atomic E-state index is 5.58. The first-order valence-corrected chi connectivity index (χ1v) is 5.70. The highest BCUT2D eigenvalue weighted by Gasteiger charge is 2.16. The second-order valence-electron chi connectivity index (χ2n) is 4.09. The summed E-state index contributed by atoms with van der Waals surface area (Å²) in [5.74, 6) is 1.77. The largest absolute Gasteiger partial charge is 0.496 e. The van der Waals surface area contributed by atoms with E-state index in [4.69, 9.17) is 15.2 Å². The van der Waals surface area contributed by atoms with Crippen LogP contribution in [0.15, 0.2) is 6.07 Å². The molecule has 0 amide bonds. The minimum atomic E-state index is 0.606. The van der Waals surface area contributed by atoms with Crippen molar-refractivity contribution in [3.8, 4) is 11.5 Å². The van der Waals surface area contributed by atoms with Crippen molar-refractivity contribution < 1.29 is 9.47 Å². The number of anilines is 1. The third-order valence-corrected chi connectivity index (χ3v) is 3.07. The van der Waals surface area contributed by atoms with E-state index in [1.165, 1.54) is 0 Å². The second kappa shape index (κ2) is 5.77. The van der Waals surface area contributed by atoms with Crippen LogP contribution in [-0.4, -0.2) is 34.4 Å². The molecule has 0 saturated heterocycles. The van der Waals surface area contributed by atoms with Crippen LogP contribution in [-0.2, 0) is 0 Å². The van der Waals surface area contributed by atoms with Crippen molar-refractivity contribution in [1.82, 2.24) is 0 Å². The Labute approximate surface area is 103 Å². The van der Waals surface area contributed by atoms with E-state index in [0.29, 0.717) is 6.54 Å². The van der Waals surface area contributed by atoms with Crippen LogP contribution in [0.1, 0.15) is 11.1 Å². The minimum absolute atomic E-state index is 0.606. The summed E-state index contributed by atoms with van der Waals surface area (Å²) in [7, 11) is 5.37. The Balaban J connectivity index is 3.31. The number of hydrogen-bond donors (Lipinski definition) is 1. The van der Waals surface area contributed by atoms with E-state index in [-0.39, 0.29) is 0 Å². The van der Waals surface area contributed by atoms with Crippen LogP contribution in [0, 0.1) is 13.8 Å². The lowest BCUT2D eigenvalue weighted by Gasteiger charge is -2.24. The summed E-state index contributed by atoms with van der Waals surface area (Å²) in [6, 6.07) is 2.00. The van der Waals surface area contributed by atoms with E-state index in [2.05, 4.69) is 4.90 Å². The van der Waals surface area contributed by atoms with Gasteiger partial charge in [-0.25, -0.2) is 0 Å². The summed E-state index contributed by atoms with van der Waals surface area (Å²) >= 11 is 0. The van der Waals surface area contributed by atoms with Gasteiger partial charge in [0.1, 0.15) is 11.5 Å². The molecular weight excluding hydrogens is 216 g/mol. The van der Waals surface area contributed by atoms with Gasteiger partial charge in [0.05, 0.1) is 19.9 Å². The van der Waals surface area contributed by atoms with Gasteiger partial charge in [-0.2, -0.15) is 0 Å². The lowest BCUT2D eigenvalue weighted by molar-refractivity contribution is 0.398. The minimum Gasteiger partial charge on any atom is -0.496 e. The summed E-state index contributed by atoms with van der Waals surface area (Å²) in [6.45, 7) is 5.46. The zero-order chi connectivity index (χ0) is 13.0. The Hall–Kier alpha value is -1.42. The van der Waals surface area contributed by atoms with Crippen LogP contribution in [0.5, 0.6) is 11.5 Å². The van der Waals surface area contributed by atoms with Crippen molar-refractivity contribution in [2.75, 3.05) is 39.3 Å². The van der Waals surface area contributed by atoms with Crippen molar-refractivity contribution >= 4 is 5.69 Å². The normalized spacial score (nSPS) is 10.2. The molecule has 4 nitrogen and oxygen atoms in total. The fourth-order valence-corrected chi connectivity index (χ4v) is 1.91. The van der Waals surface area contributed by atoms with Crippen molar-refractivity contribution in [3.63, 3.8) is 0 Å². The molecule has 17 heavy (non-hydrogen) atoms. The molecule has 0 bridgehead atoms. The Morgan fingerprint density at radius 2 is 1.82 bits per heavy atom. The molecule has 1 aromatic rings. The second-order valence-corrected chi connectivity index (χ2v) is 4.09. The summed E-state index contributed by atoms with van der Waals surface area (Å²) in [5.41, 5.74) is 8.80. The molecule has 0 atom stereocenters. The van der Waals surface area contributed by atoms with Crippen LogP contribution in [0.4, 0.5) is 5.69 Å². The molecule has 1 rings (SSSR count). The van der Waals surface area contributed by atoms with Gasteiger partial charge < -0.3 is 20.1 Å². The first kappa shape index (κ1) is 13.6. The molecular formula is C13H22N2O2. The zero-order valence-corrected chi connectivity index (χ0v) is 11.3. The monoisotopic (exact) mass is 238 g/mol. The first-order valence-electron chi connectivity index (χ1n) is 5.70. The van der Waals surface area contributed by atoms with Gasteiger partial charge in [0.25, 0.3) is 0 Å². The number of rotatable bonds is 5. The first-order chi connectivity index (χ1) is 8.06. The maximum Gasteiger partial charge on any atom is 0.145 e. The van der Waals surface area contributed by atoms with Gasteiger partial charge in [0, 0.05) is 26.2 Å². The highest BCUT2D eigenvalue weighted by molar-refractivity contribution is 5.67. The Morgan fingerprint density at radius 1 is 1.18 bits per heavy atom. The number of nitrogens with zero attached hydrogens (tertiary/aromatic N) is 1. The van der Waals surface area contributed by atoms with E-state index in [1.54, 1.807) is 14.2 Å². The number of methoxy groups -OCH3 is 2. The molecule has 2 N–H and O–H groups in total. The van der Waals surface area contributed by atoms with Gasteiger partial charge in [-0.15, -0.1) is 0 Å². The third kappa shape index (κ3) is 2.64. The molecule has 0 radical (unpaired) electrons. The molecule has 0 heterocycles. The highest BCUT2D eigenvalue weighted by Crippen LogP contribution is 2.38. The predicted molar refractivity (Wildman–Crippen MR) is 71.3 cm³/mol. The average molecular weight is 238 g/mol. The molecule has 0 spiro atoms. The van der Waals surface area contributed by atoms with Crippen molar-refractivity contribution in [2.24, 2.45) is 5.73 Å². The molecule has 0 unspecified atom stereocenters. The van der Waals surface area contributed by atoms with Crippen LogP contribution < -0.4 is 20.1 Å². The van der Waals surface area contributed by atoms with E-state index in [1.807, 2.05) is 27.0 Å². The predicted octanol–water partition coefficient (Wildman–Crippen LogP) is 1.72. The third-order valence-electron chi connectivity index (χ3n) is 3.07. The molecule has 0 saturated carbocycles. The summed E-state index contributed by atoms with van der Waals surface area (Å²) in [4.78, 5) is 2.08. The van der Waals surface area contributed by atoms with E-state index >= 15 is 0 Å². The maximum absolute atomic E-state index is 5.58. The molecule has 0 aliphatic carbocycles. The van der Waals surface area contributed by atoms with Gasteiger partial charge in [-0.05, 0) is 25.0 Å². The number of likely N-dealkylation sites (N-methyl/N-ethyl adjacent to an activating group) is 1. The van der Waals surface area contributed by atoms with Gasteiger partial charge in [-0.3, -0.25) is 0 Å². The number of hydrogen-bond acceptors (Lipinski definition) is 4. The van der Waals surface area contributed by atoms with Crippen LogP contribution in [0.3, 0.4) is 0 Å². The molecule has 0 aliphatic rings. The molecule has 1 aromatic carbocycles. The van der Waals surface area contributed by atoms with Crippen molar-refractivity contribution in [1.29, 1.82) is 0 Å². The summed E-state index contributed by atoms with van der Waals surface area (Å²) in [6.07, 6.45) is 0. The topological polar surface area (TPSA) is 47.7 Å². The lowest BCUT2D eigenvalue weighted by Crippen LogP contribution is -2.25. The van der Waals surface area contributed by atoms with E-state index < -0.39 is 0 Å². The van der Waals surface area contributed by atoms with Crippen LogP contribution in [0.25, 0.3) is 0 Å². The number of ether oxygens (including phenoxy) is 2. The fraction of sp³-hybridized carbons (Fsp3) is 0.538. The van der Waals surface area contributed by atoms with Gasteiger partial charge in [0.2, 0.25) is 0 Å². The molecule has 0 aromatic heterocycles. The number of benzene rings is 1. The molecule has 96 valence electrons. The van der Waals surface area contributed by atoms with Crippen molar-refractivity contribution in [3.05, 3.63) is 17.2 Å². The van der Waals surface area contributed by atoms with E-state index in [0.717, 1.165) is 34.9 Å². The SMILES string of the molecule is COc1cc(N(C)CCN)c(OC)c(C)c1C. The highest BCUT2D eigenvalue weighted by atomic mass is 16.5. The summed E-state index contributed by atoms with van der Waals surface area (Å²) < 4.78 is 10.9. The zero-order valence-electron chi connectivity index (χ0n) is 11.3. The van der Waals surface area contributed by atoms with Gasteiger partial charge in [0.15, 0.2) is 0 Å². The molecule has 0 aliphatic heterocycles. The number of nitrogens with two attached hydrogens (primary N) is 1. The van der Waals surface area contributed by atoms with Crippen LogP contribution in [0.2, 0.25) is 0 Å². The van der Waals surface area contributed by atoms with Gasteiger partial charge >= 0.3 is 0 Å². The Morgan fingerprint density at radius 3 is 2.29 bits per heavy atom. The average Bonchev–Trinajstić information content (AvgIpc) is 2.32. The molecule has 0 fully saturated rings. The lowest BCUT2D eigenvalue weighted by atomic mass is 10.1. The van der Waals surface area contributed by atoms with E-state index in [9.17, 15) is 0 Å². The molecule has 4 heteroatoms. The quantitative estimate of drug-likeness (QED) is 0.848. The van der Waals surface area contributed by atoms with Crippen molar-refractivity contribution in [2.45, 2.75) is 13.8 Å². The fourth-order valence-electron chi connectivity index (χ4n) is 1.91. The summed E-state index contributed by atoms with van der Waals surface area (Å²) in [5, 5.41) is 0. The Bertz CT molecular complexity index is 391. The standard InChI is InChI=1S/C13H22N2O2/c1-9-10(2)13(17-5)11(8-12(9)16-4)15(3)7-6-14/h8H,6-7,14H2,1-5H3. The van der Waals surface area contributed by atoms with Crippen LogP contribution >= 0.6 is 0 Å².